The Hall–Kier alpha value is -4.90. The zero-order chi connectivity index (χ0) is 28.1. The summed E-state index contributed by atoms with van der Waals surface area (Å²) in [5.74, 6) is -2.26. The molecule has 0 aliphatic heterocycles. The van der Waals surface area contributed by atoms with E-state index in [2.05, 4.69) is 15.1 Å². The first-order valence-corrected chi connectivity index (χ1v) is 12.5. The van der Waals surface area contributed by atoms with Crippen molar-refractivity contribution >= 4 is 39.4 Å². The predicted octanol–water partition coefficient (Wildman–Crippen LogP) is 5.32. The van der Waals surface area contributed by atoms with Gasteiger partial charge >= 0.3 is 0 Å². The second kappa shape index (κ2) is 9.69. The van der Waals surface area contributed by atoms with Gasteiger partial charge in [0.15, 0.2) is 17.2 Å². The van der Waals surface area contributed by atoms with Crippen molar-refractivity contribution in [3.63, 3.8) is 0 Å². The second-order valence-electron chi connectivity index (χ2n) is 8.95. The Balaban J connectivity index is 1.65. The summed E-state index contributed by atoms with van der Waals surface area (Å²) >= 11 is 6.41. The van der Waals surface area contributed by atoms with Crippen LogP contribution in [-0.4, -0.2) is 36.4 Å². The number of hydrogen-bond acceptors (Lipinski definition) is 7. The molecule has 6 rings (SSSR count). The summed E-state index contributed by atoms with van der Waals surface area (Å²) in [6, 6.07) is 15.9. The summed E-state index contributed by atoms with van der Waals surface area (Å²) in [7, 11) is 1.24. The summed E-state index contributed by atoms with van der Waals surface area (Å²) < 4.78 is 37.7. The molecule has 1 atom stereocenters. The molecule has 0 saturated carbocycles. The Morgan fingerprint density at radius 3 is 2.50 bits per heavy atom. The average molecular weight is 560 g/mol. The highest BCUT2D eigenvalue weighted by molar-refractivity contribution is 6.35. The molecule has 0 fully saturated rings. The largest absolute Gasteiger partial charge is 0.494 e. The summed E-state index contributed by atoms with van der Waals surface area (Å²) in [4.78, 5) is 27.1. The number of aromatic nitrogens is 6. The first-order valence-electron chi connectivity index (χ1n) is 12.1. The lowest BCUT2D eigenvalue weighted by Crippen LogP contribution is -2.27. The van der Waals surface area contributed by atoms with E-state index in [4.69, 9.17) is 27.1 Å². The van der Waals surface area contributed by atoms with Gasteiger partial charge in [-0.05, 0) is 43.3 Å². The van der Waals surface area contributed by atoms with Gasteiger partial charge in [-0.3, -0.25) is 9.36 Å². The minimum Gasteiger partial charge on any atom is -0.494 e. The van der Waals surface area contributed by atoms with Gasteiger partial charge in [0.05, 0.1) is 34.1 Å². The van der Waals surface area contributed by atoms with Crippen LogP contribution < -0.4 is 16.0 Å². The third kappa shape index (κ3) is 3.85. The van der Waals surface area contributed by atoms with E-state index in [1.807, 2.05) is 6.07 Å². The standard InChI is InChI=1S/C28H20ClF2N7O2/c1-14(26-35-18-10-6-9-17(29)20(18)28(39)37(26)15-7-4-3-5-8-15)38-27-21(25(32)33-13-34-27)24(36-38)16-11-12-19(40-2)23(31)22(16)30/h3-14H,1-2H3,(H2,32,33,34)/t14-/m0/s1. The molecule has 3 aromatic carbocycles. The highest BCUT2D eigenvalue weighted by Crippen LogP contribution is 2.36. The van der Waals surface area contributed by atoms with Crippen molar-refractivity contribution in [3.05, 3.63) is 99.8 Å². The first kappa shape index (κ1) is 25.4. The van der Waals surface area contributed by atoms with E-state index < -0.39 is 17.7 Å². The van der Waals surface area contributed by atoms with Crippen LogP contribution in [0.5, 0.6) is 5.75 Å². The Labute approximate surface area is 230 Å². The van der Waals surface area contributed by atoms with Crippen LogP contribution in [0.25, 0.3) is 38.9 Å². The topological polar surface area (TPSA) is 114 Å². The smallest absolute Gasteiger partial charge is 0.267 e. The molecule has 12 heteroatoms. The monoisotopic (exact) mass is 559 g/mol. The molecular formula is C28H20ClF2N7O2. The number of benzene rings is 3. The fraction of sp³-hybridized carbons (Fsp3) is 0.107. The van der Waals surface area contributed by atoms with Crippen molar-refractivity contribution in [2.24, 2.45) is 0 Å². The zero-order valence-electron chi connectivity index (χ0n) is 21.1. The lowest BCUT2D eigenvalue weighted by atomic mass is 10.1. The molecule has 0 saturated heterocycles. The number of rotatable bonds is 5. The SMILES string of the molecule is COc1ccc(-c2nn([C@@H](C)c3nc4cccc(Cl)c4c(=O)n3-c3ccccc3)c3ncnc(N)c23)c(F)c1F. The van der Waals surface area contributed by atoms with E-state index in [1.54, 1.807) is 49.4 Å². The molecule has 0 bridgehead atoms. The summed E-state index contributed by atoms with van der Waals surface area (Å²) in [6.45, 7) is 1.76. The van der Waals surface area contributed by atoms with Gasteiger partial charge in [0.1, 0.15) is 29.7 Å². The third-order valence-corrected chi connectivity index (χ3v) is 6.98. The van der Waals surface area contributed by atoms with Crippen LogP contribution in [0.2, 0.25) is 5.02 Å². The molecule has 0 unspecified atom stereocenters. The van der Waals surface area contributed by atoms with Gasteiger partial charge in [-0.25, -0.2) is 24.0 Å². The number of ether oxygens (including phenoxy) is 1. The van der Waals surface area contributed by atoms with Crippen LogP contribution >= 0.6 is 11.6 Å². The molecule has 40 heavy (non-hydrogen) atoms. The molecule has 6 aromatic rings. The van der Waals surface area contributed by atoms with E-state index in [9.17, 15) is 9.18 Å². The molecule has 0 aliphatic rings. The maximum Gasteiger partial charge on any atom is 0.267 e. The van der Waals surface area contributed by atoms with Crippen LogP contribution in [-0.2, 0) is 0 Å². The number of hydrogen-bond donors (Lipinski definition) is 1. The van der Waals surface area contributed by atoms with E-state index >= 15 is 4.39 Å². The number of anilines is 1. The van der Waals surface area contributed by atoms with Crippen molar-refractivity contribution < 1.29 is 13.5 Å². The number of methoxy groups -OCH3 is 1. The lowest BCUT2D eigenvalue weighted by Gasteiger charge is -2.19. The Morgan fingerprint density at radius 1 is 0.975 bits per heavy atom. The second-order valence-corrected chi connectivity index (χ2v) is 9.36. The molecule has 3 heterocycles. The van der Waals surface area contributed by atoms with Gasteiger partial charge in [-0.1, -0.05) is 35.9 Å². The van der Waals surface area contributed by atoms with E-state index in [1.165, 1.54) is 34.8 Å². The van der Waals surface area contributed by atoms with Gasteiger partial charge in [-0.15, -0.1) is 0 Å². The van der Waals surface area contributed by atoms with Crippen molar-refractivity contribution in [2.75, 3.05) is 12.8 Å². The van der Waals surface area contributed by atoms with Crippen LogP contribution in [0.15, 0.2) is 71.8 Å². The molecule has 0 aliphatic carbocycles. The molecule has 9 nitrogen and oxygen atoms in total. The summed E-state index contributed by atoms with van der Waals surface area (Å²) in [5, 5.41) is 5.37. The Morgan fingerprint density at radius 2 is 1.75 bits per heavy atom. The molecule has 0 spiro atoms. The number of fused-ring (bicyclic) bond motifs is 2. The zero-order valence-corrected chi connectivity index (χ0v) is 21.9. The van der Waals surface area contributed by atoms with Crippen molar-refractivity contribution in [3.8, 4) is 22.7 Å². The fourth-order valence-corrected chi connectivity index (χ4v) is 5.00. The summed E-state index contributed by atoms with van der Waals surface area (Å²) in [6.07, 6.45) is 1.25. The van der Waals surface area contributed by atoms with Gasteiger partial charge in [0.2, 0.25) is 5.82 Å². The van der Waals surface area contributed by atoms with Crippen LogP contribution in [0, 0.1) is 11.6 Å². The quantitative estimate of drug-likeness (QED) is 0.304. The number of halogens is 3. The van der Waals surface area contributed by atoms with Gasteiger partial charge in [0.25, 0.3) is 5.56 Å². The molecule has 2 N–H and O–H groups in total. The van der Waals surface area contributed by atoms with Gasteiger partial charge in [0, 0.05) is 5.56 Å². The predicted molar refractivity (Wildman–Crippen MR) is 148 cm³/mol. The highest BCUT2D eigenvalue weighted by atomic mass is 35.5. The van der Waals surface area contributed by atoms with Crippen molar-refractivity contribution in [1.29, 1.82) is 0 Å². The number of nitrogens with zero attached hydrogens (tertiary/aromatic N) is 6. The minimum absolute atomic E-state index is 0.0211. The number of nitrogen functional groups attached to an aromatic ring is 1. The Kier molecular flexibility index (Phi) is 6.15. The van der Waals surface area contributed by atoms with Gasteiger partial charge < -0.3 is 10.5 Å². The van der Waals surface area contributed by atoms with Gasteiger partial charge in [-0.2, -0.15) is 9.49 Å². The first-order chi connectivity index (χ1) is 19.3. The van der Waals surface area contributed by atoms with Crippen molar-refractivity contribution in [1.82, 2.24) is 29.3 Å². The highest BCUT2D eigenvalue weighted by Gasteiger charge is 2.28. The van der Waals surface area contributed by atoms with Crippen LogP contribution in [0.3, 0.4) is 0 Å². The van der Waals surface area contributed by atoms with Crippen LogP contribution in [0.4, 0.5) is 14.6 Å². The lowest BCUT2D eigenvalue weighted by molar-refractivity contribution is 0.372. The number of nitrogens with two attached hydrogens (primary N) is 1. The Bertz CT molecular complexity index is 1990. The average Bonchev–Trinajstić information content (AvgIpc) is 3.35. The molecular weight excluding hydrogens is 540 g/mol. The maximum absolute atomic E-state index is 15.2. The molecule has 3 aromatic heterocycles. The van der Waals surface area contributed by atoms with Crippen LogP contribution in [0.1, 0.15) is 18.8 Å². The molecule has 0 amide bonds. The van der Waals surface area contributed by atoms with Crippen molar-refractivity contribution in [2.45, 2.75) is 13.0 Å². The normalized spacial score (nSPS) is 12.2. The third-order valence-electron chi connectivity index (χ3n) is 6.67. The van der Waals surface area contributed by atoms with E-state index in [-0.39, 0.29) is 49.8 Å². The molecule has 0 radical (unpaired) electrons. The maximum atomic E-state index is 15.2. The number of para-hydroxylation sites is 1. The van der Waals surface area contributed by atoms with E-state index in [0.717, 1.165) is 0 Å². The van der Waals surface area contributed by atoms with E-state index in [0.29, 0.717) is 17.0 Å². The summed E-state index contributed by atoms with van der Waals surface area (Å²) in [5.41, 5.74) is 6.87. The molecule has 200 valence electrons. The fourth-order valence-electron chi connectivity index (χ4n) is 4.75. The minimum atomic E-state index is -1.17.